The number of aromatic amines is 1. The van der Waals surface area contributed by atoms with Gasteiger partial charge in [0.25, 0.3) is 13.4 Å². The quantitative estimate of drug-likeness (QED) is 0.0303. The summed E-state index contributed by atoms with van der Waals surface area (Å²) in [6, 6.07) is 22.7. The maximum Gasteiger partial charge on any atom is 0.330 e. The standard InChI is InChI=1S/C21H19N3.C19H23IN7O12P/c1-2-24-20-13-16(23)9-11-18(20)17-10-8-15(22)12-19(17)21(24)14-6-4-3-5-7-14;20-6-1-26(19(33)25-16(6)32)17-12(30)10(28)7(38-17)2-36-40(34,35)37-3-8-11(29)13(31)18(39-8)27-5-24-9-14(21)22-4-23-15(9)27/h3-13,23H,2,22H2,1H3;1,4-5,7-8,10-13,17-18,28-31H,2-3H2,(H,34,35)(H2,21,22,23)(H,25,32,33)/t;7-,8-,10-,11-,12-,13-,17-,18-/m.1/s1. The molecule has 336 valence electrons. The lowest BCUT2D eigenvalue weighted by Gasteiger charge is -2.26. The zero-order chi connectivity index (χ0) is 45.6. The molecule has 3 aromatic carbocycles. The molecule has 1 unspecified atom stereocenters. The van der Waals surface area contributed by atoms with E-state index in [1.807, 2.05) is 23.2 Å². The second kappa shape index (κ2) is 18.2. The van der Waals surface area contributed by atoms with Crippen LogP contribution in [0.15, 0.2) is 95.2 Å². The summed E-state index contributed by atoms with van der Waals surface area (Å²) in [6.45, 7) is 1.44. The van der Waals surface area contributed by atoms with Crippen molar-refractivity contribution in [2.24, 2.45) is 0 Å². The normalized spacial score (nSPS) is 24.2. The Morgan fingerprint density at radius 3 is 2.08 bits per heavy atom. The number of H-pyrrole nitrogens is 1. The molecule has 0 aliphatic carbocycles. The van der Waals surface area contributed by atoms with Gasteiger partial charge in [-0.3, -0.25) is 23.5 Å². The molecule has 0 saturated carbocycles. The van der Waals surface area contributed by atoms with Gasteiger partial charge in [-0.15, -0.1) is 0 Å². The number of aliphatic hydroxyl groups excluding tert-OH is 4. The number of nitrogens with one attached hydrogen (secondary N) is 1. The Morgan fingerprint density at radius 1 is 0.828 bits per heavy atom. The molecule has 0 radical (unpaired) electrons. The summed E-state index contributed by atoms with van der Waals surface area (Å²) in [6.07, 6.45) is -8.28. The molecule has 0 bridgehead atoms. The van der Waals surface area contributed by atoms with Gasteiger partial charge in [0, 0.05) is 34.6 Å². The van der Waals surface area contributed by atoms with E-state index in [4.69, 9.17) is 35.7 Å². The van der Waals surface area contributed by atoms with Gasteiger partial charge in [0.2, 0.25) is 11.2 Å². The summed E-state index contributed by atoms with van der Waals surface area (Å²) < 4.78 is 37.5. The van der Waals surface area contributed by atoms with Crippen LogP contribution in [0.3, 0.4) is 0 Å². The molecule has 24 heteroatoms. The molecule has 22 nitrogen and oxygen atoms in total. The molecule has 4 aromatic heterocycles. The van der Waals surface area contributed by atoms with E-state index in [1.165, 1.54) is 44.6 Å². The van der Waals surface area contributed by atoms with E-state index in [9.17, 15) is 39.5 Å². The predicted molar refractivity (Wildman–Crippen MR) is 237 cm³/mol. The second-order valence-corrected chi connectivity index (χ2v) is 17.5. The van der Waals surface area contributed by atoms with Gasteiger partial charge in [0.05, 0.1) is 33.9 Å². The van der Waals surface area contributed by atoms with E-state index in [-0.39, 0.29) is 20.6 Å². The molecule has 64 heavy (non-hydrogen) atoms. The van der Waals surface area contributed by atoms with E-state index in [0.717, 1.165) is 34.2 Å². The maximum absolute atomic E-state index is 12.4. The van der Waals surface area contributed by atoms with Crippen molar-refractivity contribution in [3.8, 4) is 11.3 Å². The first kappa shape index (κ1) is 45.1. The van der Waals surface area contributed by atoms with E-state index < -0.39 is 81.4 Å². The summed E-state index contributed by atoms with van der Waals surface area (Å²) in [5.74, 6) is 0.0804. The van der Waals surface area contributed by atoms with Crippen LogP contribution < -0.4 is 37.9 Å². The lowest BCUT2D eigenvalue weighted by molar-refractivity contribution is -0.655. The number of ether oxygens (including phenoxy) is 2. The monoisotopic (exact) mass is 1010 g/mol. The number of phosphoric acid groups is 1. The van der Waals surface area contributed by atoms with Crippen molar-refractivity contribution in [3.05, 3.63) is 110 Å². The predicted octanol–water partition coefficient (Wildman–Crippen LogP) is 0.435. The number of imidazole rings is 1. The molecule has 7 aromatic rings. The van der Waals surface area contributed by atoms with Gasteiger partial charge in [0.1, 0.15) is 55.0 Å². The molecule has 9 rings (SSSR count). The highest BCUT2D eigenvalue weighted by Crippen LogP contribution is 2.42. The number of nitrogen functional groups attached to an aromatic ring is 3. The summed E-state index contributed by atoms with van der Waals surface area (Å²) in [5.41, 5.74) is 21.8. The molecule has 2 aliphatic rings. The molecule has 0 spiro atoms. The largest absolute Gasteiger partial charge is 0.756 e. The van der Waals surface area contributed by atoms with Crippen LogP contribution in [-0.4, -0.2) is 99.3 Å². The fraction of sp³-hybridized carbons (Fsp3) is 0.300. The highest BCUT2D eigenvalue weighted by molar-refractivity contribution is 14.1. The number of pyridine rings is 1. The number of hydrogen-bond acceptors (Lipinski definition) is 18. The van der Waals surface area contributed by atoms with Gasteiger partial charge in [0.15, 0.2) is 23.9 Å². The van der Waals surface area contributed by atoms with Crippen LogP contribution in [0, 0.1) is 3.57 Å². The number of hydrogen-bond donors (Lipinski definition) is 8. The lowest BCUT2D eigenvalue weighted by atomic mass is 9.98. The first-order valence-corrected chi connectivity index (χ1v) is 22.2. The third kappa shape index (κ3) is 8.71. The SMILES string of the molecule is CC[n+]1c(-c2ccccc2)c2cc(N)ccc2c2ccc(N)cc21.Nc1ncnc2c1ncn2[C@@H]1O[C@H](COP(=O)([O-])OC[C@H]2O[C@@H](n3cc(I)c(=O)[nH]c3=O)[C@H](O)[C@@H]2O)[C@@H](O)[C@H]1O. The summed E-state index contributed by atoms with van der Waals surface area (Å²) in [5, 5.41) is 45.1. The van der Waals surface area contributed by atoms with E-state index in [0.29, 0.717) is 0 Å². The number of aromatic nitrogens is 7. The third-order valence-corrected chi connectivity index (χ3v) is 12.6. The van der Waals surface area contributed by atoms with Crippen LogP contribution in [-0.2, 0) is 29.6 Å². The Morgan fingerprint density at radius 2 is 1.44 bits per heavy atom. The van der Waals surface area contributed by atoms with E-state index >= 15 is 0 Å². The summed E-state index contributed by atoms with van der Waals surface area (Å²) in [4.78, 5) is 50.0. The number of benzene rings is 3. The Hall–Kier alpha value is -5.44. The van der Waals surface area contributed by atoms with E-state index in [1.54, 1.807) is 22.6 Å². The van der Waals surface area contributed by atoms with Crippen molar-refractivity contribution in [1.29, 1.82) is 0 Å². The molecule has 2 saturated heterocycles. The van der Waals surface area contributed by atoms with Crippen molar-refractivity contribution in [3.63, 3.8) is 0 Å². The van der Waals surface area contributed by atoms with E-state index in [2.05, 4.69) is 75.0 Å². The smallest absolute Gasteiger partial charge is 0.330 e. The number of rotatable bonds is 10. The molecule has 11 N–H and O–H groups in total. The molecular formula is C40H42IN10O12P. The van der Waals surface area contributed by atoms with Crippen molar-refractivity contribution in [2.45, 2.75) is 62.5 Å². The van der Waals surface area contributed by atoms with Crippen molar-refractivity contribution >= 4 is 80.4 Å². The third-order valence-electron chi connectivity index (χ3n) is 10.9. The second-order valence-electron chi connectivity index (χ2n) is 14.9. The average molecular weight is 1010 g/mol. The number of nitrogens with two attached hydrogens (primary N) is 3. The minimum atomic E-state index is -5.10. The minimum Gasteiger partial charge on any atom is -0.756 e. The fourth-order valence-electron chi connectivity index (χ4n) is 7.76. The molecule has 6 heterocycles. The number of halogens is 1. The van der Waals surface area contributed by atoms with Crippen LogP contribution in [0.2, 0.25) is 0 Å². The molecule has 2 fully saturated rings. The number of phosphoric ester groups is 1. The topological polar surface area (TPSA) is 338 Å². The van der Waals surface area contributed by atoms with Crippen molar-refractivity contribution in [1.82, 2.24) is 29.1 Å². The Balaban J connectivity index is 0.000000198. The highest BCUT2D eigenvalue weighted by Gasteiger charge is 2.46. The first-order valence-electron chi connectivity index (χ1n) is 19.6. The Labute approximate surface area is 375 Å². The van der Waals surface area contributed by atoms with Gasteiger partial charge in [-0.25, -0.2) is 19.7 Å². The van der Waals surface area contributed by atoms with Gasteiger partial charge in [-0.2, -0.15) is 4.57 Å². The Kier molecular flexibility index (Phi) is 12.8. The zero-order valence-electron chi connectivity index (χ0n) is 33.6. The number of aryl methyl sites for hydroxylation is 1. The first-order chi connectivity index (χ1) is 30.6. The number of anilines is 3. The molecule has 0 amide bonds. The fourth-order valence-corrected chi connectivity index (χ4v) is 8.93. The molecule has 2 aliphatic heterocycles. The molecular weight excluding hydrogens is 970 g/mol. The number of fused-ring (bicyclic) bond motifs is 4. The van der Waals surface area contributed by atoms with Crippen LogP contribution in [0.25, 0.3) is 44.1 Å². The Bertz CT molecular complexity index is 3030. The van der Waals surface area contributed by atoms with Crippen LogP contribution in [0.5, 0.6) is 0 Å². The zero-order valence-corrected chi connectivity index (χ0v) is 36.7. The average Bonchev–Trinajstić information content (AvgIpc) is 3.92. The number of nitrogens with zero attached hydrogens (tertiary/aromatic N) is 6. The van der Waals surface area contributed by atoms with Crippen LogP contribution in [0.4, 0.5) is 17.2 Å². The van der Waals surface area contributed by atoms with Crippen LogP contribution >= 0.6 is 30.4 Å². The van der Waals surface area contributed by atoms with Gasteiger partial charge in [-0.05, 0) is 65.9 Å². The van der Waals surface area contributed by atoms with Crippen molar-refractivity contribution < 1.29 is 53.0 Å². The lowest BCUT2D eigenvalue weighted by Crippen LogP contribution is -2.38. The van der Waals surface area contributed by atoms with Crippen molar-refractivity contribution in [2.75, 3.05) is 30.4 Å². The van der Waals surface area contributed by atoms with Gasteiger partial charge >= 0.3 is 5.69 Å². The summed E-state index contributed by atoms with van der Waals surface area (Å²) >= 11 is 1.65. The van der Waals surface area contributed by atoms with Crippen LogP contribution in [0.1, 0.15) is 19.4 Å². The highest BCUT2D eigenvalue weighted by atomic mass is 127. The maximum atomic E-state index is 12.4. The summed E-state index contributed by atoms with van der Waals surface area (Å²) in [7, 11) is -5.10. The number of aliphatic hydroxyl groups is 4. The molecule has 9 atom stereocenters. The van der Waals surface area contributed by atoms with Gasteiger partial charge < -0.3 is 61.0 Å². The van der Waals surface area contributed by atoms with Gasteiger partial charge in [-0.1, -0.05) is 24.3 Å². The minimum absolute atomic E-state index is 0.0804.